The third-order valence-corrected chi connectivity index (χ3v) is 3.59. The molecule has 0 unspecified atom stereocenters. The molecule has 2 aromatic rings. The van der Waals surface area contributed by atoms with Gasteiger partial charge in [-0.1, -0.05) is 11.6 Å². The Morgan fingerprint density at radius 3 is 2.65 bits per heavy atom. The first-order valence-electron chi connectivity index (χ1n) is 4.93. The van der Waals surface area contributed by atoms with Crippen LogP contribution in [0.15, 0.2) is 18.2 Å². The fourth-order valence-electron chi connectivity index (χ4n) is 1.54. The number of hydrogen-bond donors (Lipinski definition) is 0. The maximum atomic E-state index is 13.6. The Morgan fingerprint density at radius 1 is 1.41 bits per heavy atom. The van der Waals surface area contributed by atoms with Crippen LogP contribution in [-0.4, -0.2) is 10.8 Å². The van der Waals surface area contributed by atoms with E-state index in [-0.39, 0.29) is 16.4 Å². The molecule has 1 heterocycles. The molecule has 2 rings (SSSR count). The predicted octanol–water partition coefficient (Wildman–Crippen LogP) is 3.78. The van der Waals surface area contributed by atoms with E-state index in [2.05, 4.69) is 4.98 Å². The molecule has 0 aliphatic carbocycles. The molecule has 0 amide bonds. The number of carbonyl (C=O) groups excluding carboxylic acids is 1. The quantitative estimate of drug-likeness (QED) is 0.777. The molecule has 0 radical (unpaired) electrons. The van der Waals surface area contributed by atoms with Crippen LogP contribution in [0.1, 0.15) is 25.9 Å². The van der Waals surface area contributed by atoms with Crippen molar-refractivity contribution in [2.24, 2.45) is 0 Å². The van der Waals surface area contributed by atoms with Gasteiger partial charge in [-0.25, -0.2) is 9.37 Å². The standard InChI is InChI=1S/C12H9ClFNOS/c1-6-12(17-7(2)15-6)11(16)9-4-3-8(13)5-10(9)14/h3-5H,1-2H3. The van der Waals surface area contributed by atoms with Crippen LogP contribution in [-0.2, 0) is 0 Å². The molecule has 0 atom stereocenters. The molecule has 1 aromatic carbocycles. The van der Waals surface area contributed by atoms with E-state index in [0.717, 1.165) is 11.1 Å². The number of carbonyl (C=O) groups is 1. The van der Waals surface area contributed by atoms with E-state index in [1.54, 1.807) is 6.92 Å². The minimum Gasteiger partial charge on any atom is -0.288 e. The third-order valence-electron chi connectivity index (χ3n) is 2.29. The molecule has 2 nitrogen and oxygen atoms in total. The third kappa shape index (κ3) is 2.37. The lowest BCUT2D eigenvalue weighted by Crippen LogP contribution is -2.03. The van der Waals surface area contributed by atoms with Gasteiger partial charge in [-0.2, -0.15) is 0 Å². The lowest BCUT2D eigenvalue weighted by atomic mass is 10.1. The number of nitrogens with zero attached hydrogens (tertiary/aromatic N) is 1. The Bertz CT molecular complexity index is 594. The normalized spacial score (nSPS) is 10.6. The van der Waals surface area contributed by atoms with E-state index < -0.39 is 5.82 Å². The van der Waals surface area contributed by atoms with Crippen molar-refractivity contribution in [3.05, 3.63) is 50.2 Å². The van der Waals surface area contributed by atoms with Crippen LogP contribution in [0.4, 0.5) is 4.39 Å². The summed E-state index contributed by atoms with van der Waals surface area (Å²) in [6, 6.07) is 4.04. The van der Waals surface area contributed by atoms with Crippen molar-refractivity contribution in [3.63, 3.8) is 0 Å². The second-order valence-corrected chi connectivity index (χ2v) is 5.24. The number of aryl methyl sites for hydroxylation is 2. The first-order chi connectivity index (χ1) is 7.99. The number of rotatable bonds is 2. The summed E-state index contributed by atoms with van der Waals surface area (Å²) in [4.78, 5) is 16.7. The van der Waals surface area contributed by atoms with E-state index in [1.807, 2.05) is 6.92 Å². The topological polar surface area (TPSA) is 30.0 Å². The molecule has 5 heteroatoms. The van der Waals surface area contributed by atoms with Crippen molar-refractivity contribution in [1.82, 2.24) is 4.98 Å². The van der Waals surface area contributed by atoms with Gasteiger partial charge in [0.1, 0.15) is 5.82 Å². The number of halogens is 2. The van der Waals surface area contributed by atoms with Gasteiger partial charge in [0.05, 0.1) is 21.1 Å². The number of ketones is 1. The van der Waals surface area contributed by atoms with Gasteiger partial charge in [0, 0.05) is 5.02 Å². The van der Waals surface area contributed by atoms with Crippen LogP contribution in [0, 0.1) is 19.7 Å². The van der Waals surface area contributed by atoms with Crippen LogP contribution < -0.4 is 0 Å². The van der Waals surface area contributed by atoms with Crippen molar-refractivity contribution < 1.29 is 9.18 Å². The molecule has 17 heavy (non-hydrogen) atoms. The minimum absolute atomic E-state index is 0.0288. The van der Waals surface area contributed by atoms with E-state index in [9.17, 15) is 9.18 Å². The first kappa shape index (κ1) is 12.2. The lowest BCUT2D eigenvalue weighted by Gasteiger charge is -2.01. The summed E-state index contributed by atoms with van der Waals surface area (Å²) in [5.41, 5.74) is 0.660. The Hall–Kier alpha value is -1.26. The fourth-order valence-corrected chi connectivity index (χ4v) is 2.57. The number of hydrogen-bond acceptors (Lipinski definition) is 3. The monoisotopic (exact) mass is 269 g/mol. The van der Waals surface area contributed by atoms with Crippen LogP contribution in [0.25, 0.3) is 0 Å². The second-order valence-electron chi connectivity index (χ2n) is 3.60. The second kappa shape index (κ2) is 4.55. The first-order valence-corrected chi connectivity index (χ1v) is 6.12. The zero-order chi connectivity index (χ0) is 12.6. The predicted molar refractivity (Wildman–Crippen MR) is 66.4 cm³/mol. The summed E-state index contributed by atoms with van der Waals surface area (Å²) in [7, 11) is 0. The van der Waals surface area contributed by atoms with Crippen LogP contribution in [0.5, 0.6) is 0 Å². The lowest BCUT2D eigenvalue weighted by molar-refractivity contribution is 0.103. The van der Waals surface area contributed by atoms with Crippen molar-refractivity contribution in [2.45, 2.75) is 13.8 Å². The van der Waals surface area contributed by atoms with Gasteiger partial charge in [0.25, 0.3) is 0 Å². The largest absolute Gasteiger partial charge is 0.288 e. The van der Waals surface area contributed by atoms with E-state index in [0.29, 0.717) is 10.6 Å². The van der Waals surface area contributed by atoms with Gasteiger partial charge in [0.15, 0.2) is 0 Å². The highest BCUT2D eigenvalue weighted by atomic mass is 35.5. The minimum atomic E-state index is -0.604. The van der Waals surface area contributed by atoms with Gasteiger partial charge < -0.3 is 0 Å². The average molecular weight is 270 g/mol. The smallest absolute Gasteiger partial charge is 0.207 e. The summed E-state index contributed by atoms with van der Waals surface area (Å²) >= 11 is 6.91. The summed E-state index contributed by atoms with van der Waals surface area (Å²) in [5, 5.41) is 1.07. The average Bonchev–Trinajstić information content (AvgIpc) is 2.57. The highest BCUT2D eigenvalue weighted by molar-refractivity contribution is 7.14. The van der Waals surface area contributed by atoms with Crippen molar-refractivity contribution in [1.29, 1.82) is 0 Å². The Balaban J connectivity index is 2.47. The summed E-state index contributed by atoms with van der Waals surface area (Å²) < 4.78 is 13.6. The van der Waals surface area contributed by atoms with Gasteiger partial charge in [-0.15, -0.1) is 11.3 Å². The SMILES string of the molecule is Cc1nc(C)c(C(=O)c2ccc(Cl)cc2F)s1. The Morgan fingerprint density at radius 2 is 2.12 bits per heavy atom. The molecule has 0 saturated heterocycles. The molecule has 0 aliphatic heterocycles. The van der Waals surface area contributed by atoms with Gasteiger partial charge in [0.2, 0.25) is 5.78 Å². The summed E-state index contributed by atoms with van der Waals surface area (Å²) in [5.74, 6) is -0.949. The molecule has 0 saturated carbocycles. The molecular weight excluding hydrogens is 261 g/mol. The molecule has 0 N–H and O–H groups in total. The molecular formula is C12H9ClFNOS. The highest BCUT2D eigenvalue weighted by Crippen LogP contribution is 2.23. The Kier molecular flexibility index (Phi) is 3.26. The fraction of sp³-hybridized carbons (Fsp3) is 0.167. The molecule has 1 aromatic heterocycles. The maximum Gasteiger partial charge on any atom is 0.207 e. The van der Waals surface area contributed by atoms with Gasteiger partial charge >= 0.3 is 0 Å². The molecule has 0 bridgehead atoms. The van der Waals surface area contributed by atoms with Gasteiger partial charge in [-0.05, 0) is 32.0 Å². The van der Waals surface area contributed by atoms with E-state index in [4.69, 9.17) is 11.6 Å². The summed E-state index contributed by atoms with van der Waals surface area (Å²) in [6.45, 7) is 3.55. The van der Waals surface area contributed by atoms with Crippen LogP contribution in [0.2, 0.25) is 5.02 Å². The molecule has 0 aliphatic rings. The summed E-state index contributed by atoms with van der Waals surface area (Å²) in [6.07, 6.45) is 0. The van der Waals surface area contributed by atoms with Crippen molar-refractivity contribution in [2.75, 3.05) is 0 Å². The maximum absolute atomic E-state index is 13.6. The Labute approximate surface area is 107 Å². The van der Waals surface area contributed by atoms with Crippen LogP contribution >= 0.6 is 22.9 Å². The zero-order valence-electron chi connectivity index (χ0n) is 9.25. The van der Waals surface area contributed by atoms with Crippen molar-refractivity contribution >= 4 is 28.7 Å². The highest BCUT2D eigenvalue weighted by Gasteiger charge is 2.19. The van der Waals surface area contributed by atoms with E-state index >= 15 is 0 Å². The van der Waals surface area contributed by atoms with Crippen molar-refractivity contribution in [3.8, 4) is 0 Å². The van der Waals surface area contributed by atoms with Gasteiger partial charge in [-0.3, -0.25) is 4.79 Å². The number of benzene rings is 1. The molecule has 0 spiro atoms. The van der Waals surface area contributed by atoms with Crippen LogP contribution in [0.3, 0.4) is 0 Å². The van der Waals surface area contributed by atoms with E-state index in [1.165, 1.54) is 23.5 Å². The number of aromatic nitrogens is 1. The molecule has 88 valence electrons. The number of thiazole rings is 1. The zero-order valence-corrected chi connectivity index (χ0v) is 10.8. The molecule has 0 fully saturated rings.